The van der Waals surface area contributed by atoms with Crippen LogP contribution in [0.2, 0.25) is 0 Å². The second-order valence-corrected chi connectivity index (χ2v) is 6.63. The molecule has 2 aromatic carbocycles. The lowest BCUT2D eigenvalue weighted by molar-refractivity contribution is -0.393. The molecule has 0 radical (unpaired) electrons. The van der Waals surface area contributed by atoms with Gasteiger partial charge in [0.05, 0.1) is 32.6 Å². The highest BCUT2D eigenvalue weighted by Gasteiger charge is 2.33. The molecule has 0 bridgehead atoms. The molecule has 1 heterocycles. The Morgan fingerprint density at radius 3 is 2.30 bits per heavy atom. The molecule has 0 atom stereocenters. The zero-order chi connectivity index (χ0) is 20.1. The zero-order valence-electron chi connectivity index (χ0n) is 12.8. The number of carboxylic acids is 1. The van der Waals surface area contributed by atoms with E-state index in [-0.39, 0.29) is 11.4 Å². The van der Waals surface area contributed by atoms with Crippen molar-refractivity contribution < 1.29 is 37.5 Å². The van der Waals surface area contributed by atoms with Gasteiger partial charge in [-0.05, 0) is 12.1 Å². The van der Waals surface area contributed by atoms with Gasteiger partial charge < -0.3 is 15.2 Å². The van der Waals surface area contributed by atoms with E-state index in [1.807, 2.05) is 0 Å². The number of non-ortho nitro benzene ring substituents is 1. The summed E-state index contributed by atoms with van der Waals surface area (Å²) in [5.74, 6) is -2.45. The normalized spacial score (nSPS) is 12.2. The van der Waals surface area contributed by atoms with Gasteiger partial charge in [-0.25, -0.2) is 4.79 Å². The van der Waals surface area contributed by atoms with Gasteiger partial charge in [0.1, 0.15) is 5.56 Å². The third kappa shape index (κ3) is 3.09. The molecule has 0 aliphatic carbocycles. The summed E-state index contributed by atoms with van der Waals surface area (Å²) in [6, 6.07) is 2.94. The summed E-state index contributed by atoms with van der Waals surface area (Å²) in [4.78, 5) is 31.0. The number of ether oxygens (including phenoxy) is 1. The van der Waals surface area contributed by atoms with E-state index in [9.17, 15) is 38.5 Å². The second kappa shape index (κ2) is 5.89. The Morgan fingerprint density at radius 1 is 1.11 bits per heavy atom. The number of aromatic carboxylic acids is 1. The first-order chi connectivity index (χ1) is 12.5. The third-order valence-electron chi connectivity index (χ3n) is 3.54. The van der Waals surface area contributed by atoms with Crippen molar-refractivity contribution in [2.75, 3.05) is 5.32 Å². The molecule has 14 heteroatoms. The quantitative estimate of drug-likeness (QED) is 0.331. The van der Waals surface area contributed by atoms with Crippen LogP contribution in [0.15, 0.2) is 29.2 Å². The number of carbonyl (C=O) groups is 1. The topological polar surface area (TPSA) is 199 Å². The van der Waals surface area contributed by atoms with Gasteiger partial charge in [0.15, 0.2) is 17.2 Å². The number of nitrogens with one attached hydrogen (secondary N) is 1. The van der Waals surface area contributed by atoms with Crippen LogP contribution in [0.5, 0.6) is 11.5 Å². The fourth-order valence-corrected chi connectivity index (χ4v) is 2.93. The average molecular weight is 397 g/mol. The van der Waals surface area contributed by atoms with E-state index in [0.717, 1.165) is 12.1 Å². The summed E-state index contributed by atoms with van der Waals surface area (Å²) < 4.78 is 37.1. The molecule has 0 aromatic heterocycles. The number of hydrogen-bond acceptors (Lipinski definition) is 9. The first kappa shape index (κ1) is 18.0. The largest absolute Gasteiger partial charge is 0.478 e. The number of anilines is 2. The Hall–Kier alpha value is -3.78. The van der Waals surface area contributed by atoms with Crippen LogP contribution in [-0.2, 0) is 10.1 Å². The number of hydrogen-bond donors (Lipinski definition) is 3. The van der Waals surface area contributed by atoms with E-state index >= 15 is 0 Å². The van der Waals surface area contributed by atoms with Gasteiger partial charge >= 0.3 is 11.7 Å². The highest BCUT2D eigenvalue weighted by molar-refractivity contribution is 7.85. The molecule has 2 aromatic rings. The van der Waals surface area contributed by atoms with E-state index in [0.29, 0.717) is 12.1 Å². The van der Waals surface area contributed by atoms with E-state index in [4.69, 9.17) is 9.29 Å². The molecule has 140 valence electrons. The minimum atomic E-state index is -4.80. The molecule has 3 rings (SSSR count). The van der Waals surface area contributed by atoms with Crippen molar-refractivity contribution in [2.45, 2.75) is 4.90 Å². The number of benzene rings is 2. The van der Waals surface area contributed by atoms with Crippen LogP contribution in [0, 0.1) is 20.2 Å². The summed E-state index contributed by atoms with van der Waals surface area (Å²) in [6.45, 7) is 0. The Labute approximate surface area is 148 Å². The standard InChI is InChI=1S/C13H7N3O10S/c17-13(18)7-3-6(27(23,24)25)4-8-12(7)26-10-2-5(15(19)20)1-9(16(21)22)11(10)14-8/h1-4,14H,(H,17,18)(H,23,24,25). The summed E-state index contributed by atoms with van der Waals surface area (Å²) in [5.41, 5.74) is -2.75. The molecule has 0 saturated carbocycles. The minimum Gasteiger partial charge on any atom is -0.478 e. The lowest BCUT2D eigenvalue weighted by Gasteiger charge is -2.23. The number of rotatable bonds is 4. The SMILES string of the molecule is O=C(O)c1cc(S(=O)(=O)O)cc2c1Oc1cc([N+](=O)[O-])cc([N+](=O)[O-])c1N2. The van der Waals surface area contributed by atoms with Crippen molar-refractivity contribution in [3.8, 4) is 11.5 Å². The molecule has 27 heavy (non-hydrogen) atoms. The molecule has 0 amide bonds. The van der Waals surface area contributed by atoms with Crippen LogP contribution in [0.4, 0.5) is 22.7 Å². The van der Waals surface area contributed by atoms with Crippen molar-refractivity contribution in [1.29, 1.82) is 0 Å². The summed E-state index contributed by atoms with van der Waals surface area (Å²) >= 11 is 0. The number of nitro groups is 2. The van der Waals surface area contributed by atoms with Gasteiger partial charge in [0.2, 0.25) is 0 Å². The van der Waals surface area contributed by atoms with Gasteiger partial charge in [-0.3, -0.25) is 24.8 Å². The van der Waals surface area contributed by atoms with E-state index in [1.165, 1.54) is 0 Å². The average Bonchev–Trinajstić information content (AvgIpc) is 2.56. The van der Waals surface area contributed by atoms with Gasteiger partial charge in [0.25, 0.3) is 15.8 Å². The van der Waals surface area contributed by atoms with Gasteiger partial charge in [-0.2, -0.15) is 8.42 Å². The lowest BCUT2D eigenvalue weighted by Crippen LogP contribution is -2.12. The summed E-state index contributed by atoms with van der Waals surface area (Å²) in [7, 11) is -4.80. The fourth-order valence-electron chi connectivity index (χ4n) is 2.40. The van der Waals surface area contributed by atoms with Crippen molar-refractivity contribution in [1.82, 2.24) is 0 Å². The molecule has 1 aliphatic heterocycles. The molecule has 1 aliphatic rings. The summed E-state index contributed by atoms with van der Waals surface area (Å²) in [6.07, 6.45) is 0. The van der Waals surface area contributed by atoms with Crippen LogP contribution < -0.4 is 10.1 Å². The van der Waals surface area contributed by atoms with E-state index in [2.05, 4.69) is 5.32 Å². The maximum Gasteiger partial charge on any atom is 0.339 e. The Balaban J connectivity index is 2.28. The maximum absolute atomic E-state index is 11.4. The summed E-state index contributed by atoms with van der Waals surface area (Å²) in [5, 5.41) is 33.9. The van der Waals surface area contributed by atoms with E-state index in [1.54, 1.807) is 0 Å². The smallest absolute Gasteiger partial charge is 0.339 e. The molecule has 0 spiro atoms. The van der Waals surface area contributed by atoms with Gasteiger partial charge in [-0.15, -0.1) is 0 Å². The molecule has 0 unspecified atom stereocenters. The Morgan fingerprint density at radius 2 is 1.78 bits per heavy atom. The molecule has 0 fully saturated rings. The first-order valence-electron chi connectivity index (χ1n) is 6.79. The predicted molar refractivity (Wildman–Crippen MR) is 86.3 cm³/mol. The zero-order valence-corrected chi connectivity index (χ0v) is 13.6. The van der Waals surface area contributed by atoms with Crippen molar-refractivity contribution in [2.24, 2.45) is 0 Å². The number of nitrogens with zero attached hydrogens (tertiary/aromatic N) is 2. The first-order valence-corrected chi connectivity index (χ1v) is 8.23. The van der Waals surface area contributed by atoms with E-state index < -0.39 is 59.3 Å². The number of carboxylic acid groups (broad SMARTS) is 1. The molecule has 13 nitrogen and oxygen atoms in total. The second-order valence-electron chi connectivity index (χ2n) is 5.21. The van der Waals surface area contributed by atoms with Crippen LogP contribution in [-0.4, -0.2) is 33.9 Å². The third-order valence-corrected chi connectivity index (χ3v) is 4.37. The predicted octanol–water partition coefficient (Wildman–Crippen LogP) is 2.30. The highest BCUT2D eigenvalue weighted by atomic mass is 32.2. The molecular weight excluding hydrogens is 390 g/mol. The van der Waals surface area contributed by atoms with Crippen LogP contribution in [0.1, 0.15) is 10.4 Å². The fraction of sp³-hybridized carbons (Fsp3) is 0. The molecule has 3 N–H and O–H groups in total. The monoisotopic (exact) mass is 397 g/mol. The van der Waals surface area contributed by atoms with Crippen LogP contribution in [0.25, 0.3) is 0 Å². The van der Waals surface area contributed by atoms with Gasteiger partial charge in [0, 0.05) is 0 Å². The van der Waals surface area contributed by atoms with Crippen LogP contribution in [0.3, 0.4) is 0 Å². The van der Waals surface area contributed by atoms with Crippen molar-refractivity contribution in [3.63, 3.8) is 0 Å². The Kier molecular flexibility index (Phi) is 3.93. The number of nitro benzene ring substituents is 2. The van der Waals surface area contributed by atoms with Crippen molar-refractivity contribution >= 4 is 38.8 Å². The van der Waals surface area contributed by atoms with Crippen molar-refractivity contribution in [3.05, 3.63) is 50.1 Å². The lowest BCUT2D eigenvalue weighted by atomic mass is 10.1. The van der Waals surface area contributed by atoms with Crippen LogP contribution >= 0.6 is 0 Å². The highest BCUT2D eigenvalue weighted by Crippen LogP contribution is 2.50. The van der Waals surface area contributed by atoms with Gasteiger partial charge in [-0.1, -0.05) is 0 Å². The minimum absolute atomic E-state index is 0.299. The molecule has 0 saturated heterocycles. The number of fused-ring (bicyclic) bond motifs is 2. The maximum atomic E-state index is 11.4. The molecular formula is C13H7N3O10S. The Bertz CT molecular complexity index is 1140.